The number of rotatable bonds is 8. The fraction of sp³-hybridized carbons (Fsp3) is 0.182. The Kier molecular flexibility index (Phi) is 8.07. The predicted octanol–water partition coefficient (Wildman–Crippen LogP) is 4.10. The fourth-order valence-corrected chi connectivity index (χ4v) is 3.82. The molecule has 11 heteroatoms. The van der Waals surface area contributed by atoms with E-state index in [0.717, 1.165) is 4.90 Å². The molecule has 1 aliphatic heterocycles. The molecule has 2 aromatic rings. The van der Waals surface area contributed by atoms with Crippen molar-refractivity contribution in [2.24, 2.45) is 0 Å². The molecule has 1 saturated heterocycles. The summed E-state index contributed by atoms with van der Waals surface area (Å²) in [6.07, 6.45) is 1.45. The number of nitrogens with one attached hydrogen (secondary N) is 1. The van der Waals surface area contributed by atoms with Crippen molar-refractivity contribution < 1.29 is 33.0 Å². The first-order chi connectivity index (χ1) is 15.8. The van der Waals surface area contributed by atoms with Gasteiger partial charge < -0.3 is 14.8 Å². The van der Waals surface area contributed by atoms with Gasteiger partial charge in [-0.1, -0.05) is 29.8 Å². The van der Waals surface area contributed by atoms with E-state index in [0.29, 0.717) is 17.3 Å². The lowest BCUT2D eigenvalue weighted by Crippen LogP contribution is -2.34. The Morgan fingerprint density at radius 1 is 1.21 bits per heavy atom. The summed E-state index contributed by atoms with van der Waals surface area (Å²) < 4.78 is 23.8. The van der Waals surface area contributed by atoms with Crippen LogP contribution in [0.2, 0.25) is 5.02 Å². The van der Waals surface area contributed by atoms with Crippen LogP contribution in [0.4, 0.5) is 14.9 Å². The number of halogens is 2. The van der Waals surface area contributed by atoms with Gasteiger partial charge in [-0.05, 0) is 54.6 Å². The number of ether oxygens (including phenoxy) is 2. The molecule has 1 heterocycles. The molecule has 0 aromatic heterocycles. The lowest BCUT2D eigenvalue weighted by atomic mass is 10.2. The van der Waals surface area contributed by atoms with Crippen molar-refractivity contribution in [3.05, 3.63) is 63.8 Å². The number of benzene rings is 2. The van der Waals surface area contributed by atoms with Gasteiger partial charge in [0.25, 0.3) is 17.1 Å². The van der Waals surface area contributed by atoms with Crippen LogP contribution in [0.5, 0.6) is 5.75 Å². The number of nitrogens with zero attached hydrogens (tertiary/aromatic N) is 1. The lowest BCUT2D eigenvalue weighted by Gasteiger charge is -2.11. The summed E-state index contributed by atoms with van der Waals surface area (Å²) in [5.74, 6) is -2.23. The van der Waals surface area contributed by atoms with Crippen LogP contribution in [0, 0.1) is 5.82 Å². The first kappa shape index (κ1) is 24.3. The van der Waals surface area contributed by atoms with E-state index >= 15 is 0 Å². The van der Waals surface area contributed by atoms with Crippen molar-refractivity contribution >= 4 is 58.1 Å². The van der Waals surface area contributed by atoms with Gasteiger partial charge >= 0.3 is 5.97 Å². The number of thioether (sulfide) groups is 1. The van der Waals surface area contributed by atoms with Crippen molar-refractivity contribution in [1.29, 1.82) is 0 Å². The molecule has 1 aliphatic rings. The van der Waals surface area contributed by atoms with Crippen molar-refractivity contribution in [2.45, 2.75) is 6.92 Å². The molecule has 0 aliphatic carbocycles. The van der Waals surface area contributed by atoms with E-state index in [4.69, 9.17) is 21.1 Å². The third-order valence-electron chi connectivity index (χ3n) is 4.23. The molecular formula is C22H18ClFN2O6S. The molecule has 33 heavy (non-hydrogen) atoms. The van der Waals surface area contributed by atoms with Crippen LogP contribution in [-0.4, -0.2) is 47.7 Å². The Morgan fingerprint density at radius 3 is 2.67 bits per heavy atom. The molecule has 1 N–H and O–H groups in total. The molecular weight excluding hydrogens is 475 g/mol. The predicted molar refractivity (Wildman–Crippen MR) is 121 cm³/mol. The maximum atomic E-state index is 13.6. The Labute approximate surface area is 197 Å². The van der Waals surface area contributed by atoms with Crippen molar-refractivity contribution in [2.75, 3.05) is 25.1 Å². The van der Waals surface area contributed by atoms with Crippen LogP contribution in [0.3, 0.4) is 0 Å². The van der Waals surface area contributed by atoms with Gasteiger partial charge in [0.05, 0.1) is 22.2 Å². The van der Waals surface area contributed by atoms with E-state index < -0.39 is 42.0 Å². The first-order valence-corrected chi connectivity index (χ1v) is 10.9. The molecule has 1 fully saturated rings. The van der Waals surface area contributed by atoms with Gasteiger partial charge in [0.15, 0.2) is 6.61 Å². The zero-order valence-corrected chi connectivity index (χ0v) is 18.9. The summed E-state index contributed by atoms with van der Waals surface area (Å²) >= 11 is 6.90. The summed E-state index contributed by atoms with van der Waals surface area (Å²) in [7, 11) is 0. The molecule has 172 valence electrons. The molecule has 8 nitrogen and oxygen atoms in total. The van der Waals surface area contributed by atoms with Crippen LogP contribution < -0.4 is 10.1 Å². The summed E-state index contributed by atoms with van der Waals surface area (Å²) in [5, 5.41) is 1.98. The maximum absolute atomic E-state index is 13.6. The van der Waals surface area contributed by atoms with Gasteiger partial charge in [0, 0.05) is 0 Å². The SMILES string of the molecule is CCOC(=O)CN1C(=O)S/C(=C/c2ccc(OCC(=O)Nc3ccccc3F)c(Cl)c2)C1=O. The maximum Gasteiger partial charge on any atom is 0.326 e. The summed E-state index contributed by atoms with van der Waals surface area (Å²) in [6, 6.07) is 10.3. The van der Waals surface area contributed by atoms with Gasteiger partial charge in [0.1, 0.15) is 18.1 Å². The first-order valence-electron chi connectivity index (χ1n) is 9.66. The van der Waals surface area contributed by atoms with Crippen LogP contribution in [0.25, 0.3) is 6.08 Å². The van der Waals surface area contributed by atoms with E-state index in [1.54, 1.807) is 19.1 Å². The lowest BCUT2D eigenvalue weighted by molar-refractivity contribution is -0.146. The third-order valence-corrected chi connectivity index (χ3v) is 5.43. The molecule has 0 atom stereocenters. The molecule has 0 unspecified atom stereocenters. The highest BCUT2D eigenvalue weighted by molar-refractivity contribution is 8.18. The molecule has 0 spiro atoms. The number of imide groups is 1. The van der Waals surface area contributed by atoms with E-state index in [9.17, 15) is 23.6 Å². The third kappa shape index (κ3) is 6.33. The van der Waals surface area contributed by atoms with Crippen LogP contribution in [-0.2, 0) is 19.1 Å². The summed E-state index contributed by atoms with van der Waals surface area (Å²) in [5.41, 5.74) is 0.536. The number of hydrogen-bond acceptors (Lipinski definition) is 7. The minimum absolute atomic E-state index is 0.0319. The monoisotopic (exact) mass is 492 g/mol. The minimum atomic E-state index is -0.676. The molecule has 3 amide bonds. The quantitative estimate of drug-likeness (QED) is 0.437. The van der Waals surface area contributed by atoms with Gasteiger partial charge in [-0.15, -0.1) is 0 Å². The number of esters is 1. The zero-order chi connectivity index (χ0) is 24.0. The second-order valence-corrected chi connectivity index (χ2v) is 7.98. The Morgan fingerprint density at radius 2 is 1.97 bits per heavy atom. The van der Waals surface area contributed by atoms with Gasteiger partial charge in [-0.2, -0.15) is 0 Å². The highest BCUT2D eigenvalue weighted by atomic mass is 35.5. The number of amides is 3. The average Bonchev–Trinajstić information content (AvgIpc) is 3.02. The summed E-state index contributed by atoms with van der Waals surface area (Å²) in [6.45, 7) is 0.902. The van der Waals surface area contributed by atoms with E-state index in [2.05, 4.69) is 5.32 Å². The van der Waals surface area contributed by atoms with Crippen LogP contribution in [0.1, 0.15) is 12.5 Å². The fourth-order valence-electron chi connectivity index (χ4n) is 2.74. The van der Waals surface area contributed by atoms with Gasteiger partial charge in [0.2, 0.25) is 0 Å². The van der Waals surface area contributed by atoms with E-state index in [1.807, 2.05) is 0 Å². The average molecular weight is 493 g/mol. The topological polar surface area (TPSA) is 102 Å². The smallest absolute Gasteiger partial charge is 0.326 e. The van der Waals surface area contributed by atoms with E-state index in [1.165, 1.54) is 36.4 Å². The van der Waals surface area contributed by atoms with Crippen molar-refractivity contribution in [1.82, 2.24) is 4.90 Å². The normalized spacial score (nSPS) is 14.5. The van der Waals surface area contributed by atoms with Crippen LogP contribution >= 0.6 is 23.4 Å². The highest BCUT2D eigenvalue weighted by Crippen LogP contribution is 2.33. The van der Waals surface area contributed by atoms with Gasteiger partial charge in [-0.25, -0.2) is 4.39 Å². The number of anilines is 1. The Hall–Kier alpha value is -3.37. The second kappa shape index (κ2) is 11.0. The van der Waals surface area contributed by atoms with Gasteiger partial charge in [-0.3, -0.25) is 24.1 Å². The molecule has 2 aromatic carbocycles. The standard InChI is InChI=1S/C22H18ClFN2O6S/c1-2-31-20(28)11-26-21(29)18(33-22(26)30)10-13-7-8-17(14(23)9-13)32-12-19(27)25-16-6-4-3-5-15(16)24/h3-10H,2,11-12H2,1H3,(H,25,27)/b18-10+. The summed E-state index contributed by atoms with van der Waals surface area (Å²) in [4.78, 5) is 49.0. The Bertz CT molecular complexity index is 1140. The number of hydrogen-bond donors (Lipinski definition) is 1. The number of carbonyl (C=O) groups excluding carboxylic acids is 4. The number of para-hydroxylation sites is 1. The molecule has 0 saturated carbocycles. The minimum Gasteiger partial charge on any atom is -0.482 e. The van der Waals surface area contributed by atoms with Crippen molar-refractivity contribution in [3.8, 4) is 5.75 Å². The highest BCUT2D eigenvalue weighted by Gasteiger charge is 2.36. The van der Waals surface area contributed by atoms with E-state index in [-0.39, 0.29) is 28.0 Å². The second-order valence-electron chi connectivity index (χ2n) is 6.58. The zero-order valence-electron chi connectivity index (χ0n) is 17.3. The van der Waals surface area contributed by atoms with Crippen molar-refractivity contribution in [3.63, 3.8) is 0 Å². The molecule has 0 bridgehead atoms. The number of carbonyl (C=O) groups is 4. The largest absolute Gasteiger partial charge is 0.482 e. The molecule has 0 radical (unpaired) electrons. The Balaban J connectivity index is 1.62. The van der Waals surface area contributed by atoms with Crippen LogP contribution in [0.15, 0.2) is 47.4 Å². The molecule has 3 rings (SSSR count).